The molecule has 3 heteroatoms. The summed E-state index contributed by atoms with van der Waals surface area (Å²) >= 11 is 0. The van der Waals surface area contributed by atoms with Gasteiger partial charge in [-0.05, 0) is 51.3 Å². The van der Waals surface area contributed by atoms with Gasteiger partial charge >= 0.3 is 0 Å². The van der Waals surface area contributed by atoms with E-state index in [2.05, 4.69) is 30.8 Å². The number of aromatic nitrogens is 1. The Hall–Kier alpha value is -1.09. The van der Waals surface area contributed by atoms with Gasteiger partial charge in [0.1, 0.15) is 0 Å². The van der Waals surface area contributed by atoms with Gasteiger partial charge in [-0.3, -0.25) is 4.79 Å². The van der Waals surface area contributed by atoms with Gasteiger partial charge in [-0.2, -0.15) is 0 Å². The van der Waals surface area contributed by atoms with Crippen molar-refractivity contribution in [1.29, 1.82) is 0 Å². The quantitative estimate of drug-likeness (QED) is 0.824. The third-order valence-corrected chi connectivity index (χ3v) is 4.76. The third-order valence-electron chi connectivity index (χ3n) is 4.76. The number of nitrogens with zero attached hydrogens (tertiary/aromatic N) is 1. The molecule has 0 bridgehead atoms. The molecule has 3 rings (SSSR count). The summed E-state index contributed by atoms with van der Waals surface area (Å²) in [6.07, 6.45) is 3.18. The fourth-order valence-corrected chi connectivity index (χ4v) is 3.78. The van der Waals surface area contributed by atoms with Crippen LogP contribution in [-0.2, 0) is 12.8 Å². The Morgan fingerprint density at radius 2 is 2.22 bits per heavy atom. The zero-order valence-electron chi connectivity index (χ0n) is 11.5. The Bertz CT molecular complexity index is 489. The maximum Gasteiger partial charge on any atom is 0.169 e. The number of carbonyl (C=O) groups is 1. The van der Waals surface area contributed by atoms with Crippen molar-refractivity contribution in [3.05, 3.63) is 22.5 Å². The largest absolute Gasteiger partial charge is 0.362 e. The monoisotopic (exact) mass is 246 g/mol. The lowest BCUT2D eigenvalue weighted by molar-refractivity contribution is 0.0705. The van der Waals surface area contributed by atoms with Crippen LogP contribution >= 0.6 is 0 Å². The van der Waals surface area contributed by atoms with Gasteiger partial charge in [0.05, 0.1) is 0 Å². The van der Waals surface area contributed by atoms with Crippen molar-refractivity contribution < 1.29 is 4.79 Å². The van der Waals surface area contributed by atoms with Gasteiger partial charge < -0.3 is 9.88 Å². The average Bonchev–Trinajstić information content (AvgIpc) is 2.66. The Kier molecular flexibility index (Phi) is 2.81. The molecule has 0 radical (unpaired) electrons. The molecule has 2 aliphatic rings. The lowest BCUT2D eigenvalue weighted by Crippen LogP contribution is -2.45. The SMILES string of the molecule is CCc1c(C)[nH]c2c1C(=O)[C@H]1CN(C)CC[C@@H]1C2. The first-order valence-electron chi connectivity index (χ1n) is 7.04. The minimum atomic E-state index is 0.233. The highest BCUT2D eigenvalue weighted by Gasteiger charge is 2.40. The number of H-pyrrole nitrogens is 1. The smallest absolute Gasteiger partial charge is 0.169 e. The van der Waals surface area contributed by atoms with Crippen molar-refractivity contribution in [1.82, 2.24) is 9.88 Å². The van der Waals surface area contributed by atoms with E-state index in [4.69, 9.17) is 0 Å². The van der Waals surface area contributed by atoms with E-state index in [0.717, 1.165) is 37.9 Å². The predicted octanol–water partition coefficient (Wildman–Crippen LogP) is 2.19. The van der Waals surface area contributed by atoms with Gasteiger partial charge in [-0.15, -0.1) is 0 Å². The minimum Gasteiger partial charge on any atom is -0.362 e. The van der Waals surface area contributed by atoms with Crippen LogP contribution in [0.4, 0.5) is 0 Å². The zero-order valence-corrected chi connectivity index (χ0v) is 11.5. The number of rotatable bonds is 1. The number of nitrogens with one attached hydrogen (secondary N) is 1. The summed E-state index contributed by atoms with van der Waals surface area (Å²) in [6, 6.07) is 0. The van der Waals surface area contributed by atoms with Gasteiger partial charge in [0.15, 0.2) is 5.78 Å². The van der Waals surface area contributed by atoms with E-state index in [9.17, 15) is 4.79 Å². The average molecular weight is 246 g/mol. The summed E-state index contributed by atoms with van der Waals surface area (Å²) < 4.78 is 0. The predicted molar refractivity (Wildman–Crippen MR) is 72.0 cm³/mol. The Labute approximate surface area is 109 Å². The summed E-state index contributed by atoms with van der Waals surface area (Å²) in [5.74, 6) is 1.19. The van der Waals surface area contributed by atoms with Gasteiger partial charge in [0, 0.05) is 29.4 Å². The topological polar surface area (TPSA) is 36.1 Å². The molecule has 1 N–H and O–H groups in total. The minimum absolute atomic E-state index is 0.233. The molecule has 1 aliphatic carbocycles. The normalized spacial score (nSPS) is 28.1. The maximum absolute atomic E-state index is 12.7. The number of aromatic amines is 1. The lowest BCUT2D eigenvalue weighted by Gasteiger charge is -2.38. The molecule has 1 saturated heterocycles. The summed E-state index contributed by atoms with van der Waals surface area (Å²) in [6.45, 7) is 6.31. The van der Waals surface area contributed by atoms with Crippen molar-refractivity contribution in [3.63, 3.8) is 0 Å². The van der Waals surface area contributed by atoms with Crippen LogP contribution in [0.2, 0.25) is 0 Å². The summed E-state index contributed by atoms with van der Waals surface area (Å²) in [7, 11) is 2.13. The molecule has 0 saturated carbocycles. The Morgan fingerprint density at radius 3 is 2.94 bits per heavy atom. The van der Waals surface area contributed by atoms with Crippen LogP contribution in [0.3, 0.4) is 0 Å². The Balaban J connectivity index is 2.03. The van der Waals surface area contributed by atoms with Gasteiger partial charge in [-0.25, -0.2) is 0 Å². The molecule has 1 fully saturated rings. The summed E-state index contributed by atoms with van der Waals surface area (Å²) in [5.41, 5.74) is 4.69. The molecule has 1 aromatic rings. The van der Waals surface area contributed by atoms with E-state index >= 15 is 0 Å². The van der Waals surface area contributed by atoms with E-state index in [1.54, 1.807) is 0 Å². The molecule has 2 heterocycles. The first kappa shape index (κ1) is 12.0. The number of hydrogen-bond donors (Lipinski definition) is 1. The number of Topliss-reactive ketones (excluding diaryl/α,β-unsaturated/α-hetero) is 1. The van der Waals surface area contributed by atoms with Gasteiger partial charge in [-0.1, -0.05) is 6.92 Å². The molecule has 0 amide bonds. The Morgan fingerprint density at radius 1 is 1.44 bits per heavy atom. The van der Waals surface area contributed by atoms with E-state index in [0.29, 0.717) is 11.7 Å². The number of hydrogen-bond acceptors (Lipinski definition) is 2. The standard InChI is InChI=1S/C15H22N2O/c1-4-11-9(2)16-13-7-10-5-6-17(3)8-12(10)15(18)14(11)13/h10,12,16H,4-8H2,1-3H3/t10-,12+/m1/s1. The van der Waals surface area contributed by atoms with Crippen molar-refractivity contribution in [3.8, 4) is 0 Å². The summed E-state index contributed by atoms with van der Waals surface area (Å²) in [4.78, 5) is 18.5. The van der Waals surface area contributed by atoms with E-state index in [1.165, 1.54) is 17.0 Å². The number of carbonyl (C=O) groups excluding carboxylic acids is 1. The first-order valence-corrected chi connectivity index (χ1v) is 7.04. The number of ketones is 1. The number of piperidine rings is 1. The highest BCUT2D eigenvalue weighted by Crippen LogP contribution is 2.37. The van der Waals surface area contributed by atoms with Crippen LogP contribution in [0.5, 0.6) is 0 Å². The molecule has 98 valence electrons. The fourth-order valence-electron chi connectivity index (χ4n) is 3.78. The van der Waals surface area contributed by atoms with E-state index < -0.39 is 0 Å². The molecular formula is C15H22N2O. The molecule has 1 aromatic heterocycles. The second-order valence-electron chi connectivity index (χ2n) is 5.92. The molecule has 0 spiro atoms. The highest BCUT2D eigenvalue weighted by atomic mass is 16.1. The van der Waals surface area contributed by atoms with E-state index in [1.807, 2.05) is 0 Å². The second kappa shape index (κ2) is 4.23. The van der Waals surface area contributed by atoms with Crippen LogP contribution < -0.4 is 0 Å². The molecule has 3 nitrogen and oxygen atoms in total. The molecule has 18 heavy (non-hydrogen) atoms. The highest BCUT2D eigenvalue weighted by molar-refractivity contribution is 6.02. The van der Waals surface area contributed by atoms with Crippen LogP contribution in [0.1, 0.15) is 40.7 Å². The number of likely N-dealkylation sites (tertiary alicyclic amines) is 1. The van der Waals surface area contributed by atoms with Crippen molar-refractivity contribution >= 4 is 5.78 Å². The molecule has 0 aromatic carbocycles. The first-order chi connectivity index (χ1) is 8.61. The van der Waals surface area contributed by atoms with Crippen LogP contribution in [0.15, 0.2) is 0 Å². The van der Waals surface area contributed by atoms with Crippen LogP contribution in [0.25, 0.3) is 0 Å². The third kappa shape index (κ3) is 1.64. The zero-order chi connectivity index (χ0) is 12.9. The summed E-state index contributed by atoms with van der Waals surface area (Å²) in [5, 5.41) is 0. The van der Waals surface area contributed by atoms with Crippen molar-refractivity contribution in [2.45, 2.75) is 33.1 Å². The van der Waals surface area contributed by atoms with E-state index in [-0.39, 0.29) is 5.92 Å². The molecular weight excluding hydrogens is 224 g/mol. The van der Waals surface area contributed by atoms with Crippen LogP contribution in [-0.4, -0.2) is 35.8 Å². The molecule has 2 atom stereocenters. The second-order valence-corrected chi connectivity index (χ2v) is 5.92. The fraction of sp³-hybridized carbons (Fsp3) is 0.667. The maximum atomic E-state index is 12.7. The molecule has 0 unspecified atom stereocenters. The van der Waals surface area contributed by atoms with Crippen molar-refractivity contribution in [2.75, 3.05) is 20.1 Å². The lowest BCUT2D eigenvalue weighted by atomic mass is 9.73. The molecule has 1 aliphatic heterocycles. The number of fused-ring (bicyclic) bond motifs is 2. The van der Waals surface area contributed by atoms with Crippen LogP contribution in [0, 0.1) is 18.8 Å². The van der Waals surface area contributed by atoms with Gasteiger partial charge in [0.25, 0.3) is 0 Å². The van der Waals surface area contributed by atoms with Crippen molar-refractivity contribution in [2.24, 2.45) is 11.8 Å². The number of aryl methyl sites for hydroxylation is 1. The van der Waals surface area contributed by atoms with Gasteiger partial charge in [0.2, 0.25) is 0 Å².